The monoisotopic (exact) mass is 248 g/mol. The van der Waals surface area contributed by atoms with E-state index in [2.05, 4.69) is 9.97 Å². The van der Waals surface area contributed by atoms with Crippen LogP contribution in [0, 0.1) is 5.92 Å². The highest BCUT2D eigenvalue weighted by Gasteiger charge is 2.14. The van der Waals surface area contributed by atoms with Crippen LogP contribution in [0.2, 0.25) is 0 Å². The third kappa shape index (κ3) is 2.88. The first-order chi connectivity index (χ1) is 8.16. The van der Waals surface area contributed by atoms with Crippen LogP contribution in [0.5, 0.6) is 0 Å². The van der Waals surface area contributed by atoms with E-state index in [0.717, 1.165) is 16.3 Å². The number of thiazole rings is 1. The number of nitrogens with zero attached hydrogens (tertiary/aromatic N) is 2. The minimum atomic E-state index is -0.791. The second kappa shape index (κ2) is 5.05. The van der Waals surface area contributed by atoms with Crippen LogP contribution >= 0.6 is 11.3 Å². The molecule has 0 bridgehead atoms. The average molecular weight is 248 g/mol. The molecule has 0 aliphatic carbocycles. The van der Waals surface area contributed by atoms with Crippen molar-refractivity contribution in [2.45, 2.75) is 13.3 Å². The largest absolute Gasteiger partial charge is 0.481 e. The molecule has 2 aromatic rings. The van der Waals surface area contributed by atoms with Gasteiger partial charge in [0.1, 0.15) is 5.01 Å². The summed E-state index contributed by atoms with van der Waals surface area (Å²) in [4.78, 5) is 19.2. The van der Waals surface area contributed by atoms with Gasteiger partial charge in [-0.25, -0.2) is 4.98 Å². The van der Waals surface area contributed by atoms with Crippen LogP contribution in [-0.2, 0) is 11.2 Å². The Morgan fingerprint density at radius 1 is 1.59 bits per heavy atom. The van der Waals surface area contributed by atoms with E-state index in [-0.39, 0.29) is 0 Å². The molecular formula is C12H12N2O2S. The third-order valence-electron chi connectivity index (χ3n) is 2.40. The quantitative estimate of drug-likeness (QED) is 0.902. The Morgan fingerprint density at radius 2 is 2.41 bits per heavy atom. The van der Waals surface area contributed by atoms with E-state index in [1.807, 2.05) is 17.5 Å². The second-order valence-corrected chi connectivity index (χ2v) is 4.69. The number of rotatable bonds is 4. The number of hydrogen-bond donors (Lipinski definition) is 1. The Hall–Kier alpha value is -1.75. The van der Waals surface area contributed by atoms with Gasteiger partial charge >= 0.3 is 5.97 Å². The Morgan fingerprint density at radius 3 is 3.06 bits per heavy atom. The highest BCUT2D eigenvalue weighted by molar-refractivity contribution is 7.13. The molecule has 0 aliphatic rings. The van der Waals surface area contributed by atoms with E-state index < -0.39 is 11.9 Å². The number of aromatic nitrogens is 2. The maximum absolute atomic E-state index is 10.7. The summed E-state index contributed by atoms with van der Waals surface area (Å²) >= 11 is 1.51. The minimum Gasteiger partial charge on any atom is -0.481 e. The van der Waals surface area contributed by atoms with Crippen molar-refractivity contribution in [3.63, 3.8) is 0 Å². The van der Waals surface area contributed by atoms with Crippen molar-refractivity contribution in [1.82, 2.24) is 9.97 Å². The van der Waals surface area contributed by atoms with Crippen LogP contribution in [0.25, 0.3) is 10.6 Å². The van der Waals surface area contributed by atoms with Crippen molar-refractivity contribution in [3.05, 3.63) is 35.6 Å². The summed E-state index contributed by atoms with van der Waals surface area (Å²) in [7, 11) is 0. The predicted molar refractivity (Wildman–Crippen MR) is 65.8 cm³/mol. The molecule has 17 heavy (non-hydrogen) atoms. The lowest BCUT2D eigenvalue weighted by atomic mass is 10.1. The fraction of sp³-hybridized carbons (Fsp3) is 0.250. The van der Waals surface area contributed by atoms with Gasteiger partial charge < -0.3 is 5.11 Å². The Bertz CT molecular complexity index is 510. The first kappa shape index (κ1) is 11.7. The maximum Gasteiger partial charge on any atom is 0.306 e. The number of carboxylic acids is 1. The lowest BCUT2D eigenvalue weighted by Crippen LogP contribution is -2.12. The third-order valence-corrected chi connectivity index (χ3v) is 3.34. The fourth-order valence-electron chi connectivity index (χ4n) is 1.42. The molecule has 4 nitrogen and oxygen atoms in total. The van der Waals surface area contributed by atoms with E-state index in [0.29, 0.717) is 6.42 Å². The van der Waals surface area contributed by atoms with Gasteiger partial charge in [-0.3, -0.25) is 9.78 Å². The molecule has 0 saturated heterocycles. The summed E-state index contributed by atoms with van der Waals surface area (Å²) in [6, 6.07) is 3.80. The van der Waals surface area contributed by atoms with Gasteiger partial charge in [-0.15, -0.1) is 11.3 Å². The van der Waals surface area contributed by atoms with Gasteiger partial charge in [-0.1, -0.05) is 6.92 Å². The standard InChI is InChI=1S/C12H12N2O2S/c1-8(12(15)16)5-10-7-17-11(14-10)9-3-2-4-13-6-9/h2-4,6-8H,5H2,1H3,(H,15,16). The molecule has 0 saturated carbocycles. The molecule has 5 heteroatoms. The topological polar surface area (TPSA) is 63.1 Å². The lowest BCUT2D eigenvalue weighted by molar-refractivity contribution is -0.141. The summed E-state index contributed by atoms with van der Waals surface area (Å²) < 4.78 is 0. The predicted octanol–water partition coefficient (Wildman–Crippen LogP) is 2.47. The van der Waals surface area contributed by atoms with E-state index in [1.54, 1.807) is 19.3 Å². The normalized spacial score (nSPS) is 12.3. The first-order valence-corrected chi connectivity index (χ1v) is 6.12. The average Bonchev–Trinajstić information content (AvgIpc) is 2.78. The van der Waals surface area contributed by atoms with Crippen molar-refractivity contribution < 1.29 is 9.90 Å². The molecule has 0 amide bonds. The lowest BCUT2D eigenvalue weighted by Gasteiger charge is -2.01. The molecule has 1 unspecified atom stereocenters. The van der Waals surface area contributed by atoms with Gasteiger partial charge in [-0.05, 0) is 12.1 Å². The molecule has 0 fully saturated rings. The Balaban J connectivity index is 2.14. The second-order valence-electron chi connectivity index (χ2n) is 3.83. The van der Waals surface area contributed by atoms with E-state index in [1.165, 1.54) is 11.3 Å². The van der Waals surface area contributed by atoms with E-state index in [9.17, 15) is 4.79 Å². The van der Waals surface area contributed by atoms with Gasteiger partial charge in [0.05, 0.1) is 11.6 Å². The van der Waals surface area contributed by atoms with Gasteiger partial charge in [0.25, 0.3) is 0 Å². The van der Waals surface area contributed by atoms with Gasteiger partial charge in [0.15, 0.2) is 0 Å². The summed E-state index contributed by atoms with van der Waals surface area (Å²) in [6.07, 6.45) is 3.93. The molecule has 2 heterocycles. The van der Waals surface area contributed by atoms with Gasteiger partial charge in [0.2, 0.25) is 0 Å². The minimum absolute atomic E-state index is 0.404. The number of pyridine rings is 1. The number of carbonyl (C=O) groups is 1. The number of carboxylic acid groups (broad SMARTS) is 1. The Kier molecular flexibility index (Phi) is 3.49. The zero-order valence-corrected chi connectivity index (χ0v) is 10.1. The number of aliphatic carboxylic acids is 1. The zero-order valence-electron chi connectivity index (χ0n) is 9.33. The van der Waals surface area contributed by atoms with E-state index in [4.69, 9.17) is 5.11 Å². The molecule has 1 atom stereocenters. The molecule has 0 radical (unpaired) electrons. The SMILES string of the molecule is CC(Cc1csc(-c2cccnc2)n1)C(=O)O. The molecule has 0 aromatic carbocycles. The molecule has 1 N–H and O–H groups in total. The van der Waals surface area contributed by atoms with Crippen molar-refractivity contribution in [2.24, 2.45) is 5.92 Å². The highest BCUT2D eigenvalue weighted by atomic mass is 32.1. The molecule has 0 aliphatic heterocycles. The summed E-state index contributed by atoms with van der Waals surface area (Å²) in [6.45, 7) is 1.69. The van der Waals surface area contributed by atoms with Crippen molar-refractivity contribution in [3.8, 4) is 10.6 Å². The van der Waals surface area contributed by atoms with Gasteiger partial charge in [-0.2, -0.15) is 0 Å². The fourth-order valence-corrected chi connectivity index (χ4v) is 2.25. The van der Waals surface area contributed by atoms with Crippen LogP contribution < -0.4 is 0 Å². The van der Waals surface area contributed by atoms with Crippen LogP contribution in [0.4, 0.5) is 0 Å². The highest BCUT2D eigenvalue weighted by Crippen LogP contribution is 2.23. The summed E-state index contributed by atoms with van der Waals surface area (Å²) in [5, 5.41) is 11.6. The van der Waals surface area contributed by atoms with Crippen LogP contribution in [-0.4, -0.2) is 21.0 Å². The van der Waals surface area contributed by atoms with Crippen molar-refractivity contribution >= 4 is 17.3 Å². The maximum atomic E-state index is 10.7. The molecule has 2 aromatic heterocycles. The Labute approximate surface area is 103 Å². The molecule has 88 valence electrons. The van der Waals surface area contributed by atoms with Crippen LogP contribution in [0.3, 0.4) is 0 Å². The zero-order chi connectivity index (χ0) is 12.3. The molecule has 0 spiro atoms. The van der Waals surface area contributed by atoms with E-state index >= 15 is 0 Å². The number of hydrogen-bond acceptors (Lipinski definition) is 4. The van der Waals surface area contributed by atoms with Crippen molar-refractivity contribution in [2.75, 3.05) is 0 Å². The smallest absolute Gasteiger partial charge is 0.306 e. The summed E-state index contributed by atoms with van der Waals surface area (Å²) in [5.41, 5.74) is 1.79. The molecular weight excluding hydrogens is 236 g/mol. The van der Waals surface area contributed by atoms with Crippen LogP contribution in [0.1, 0.15) is 12.6 Å². The van der Waals surface area contributed by atoms with Gasteiger partial charge in [0, 0.05) is 29.8 Å². The molecule has 2 rings (SSSR count). The summed E-state index contributed by atoms with van der Waals surface area (Å²) in [5.74, 6) is -1.19. The van der Waals surface area contributed by atoms with Crippen molar-refractivity contribution in [1.29, 1.82) is 0 Å². The first-order valence-electron chi connectivity index (χ1n) is 5.24. The van der Waals surface area contributed by atoms with Crippen LogP contribution in [0.15, 0.2) is 29.9 Å².